The highest BCUT2D eigenvalue weighted by Gasteiger charge is 2.59. The number of allylic oxidation sites excluding steroid dienone is 1. The molecule has 2 heterocycles. The number of thiazole rings is 1. The van der Waals surface area contributed by atoms with Gasteiger partial charge in [0.25, 0.3) is 5.91 Å². The lowest BCUT2D eigenvalue weighted by Gasteiger charge is -2.58. The Bertz CT molecular complexity index is 2120. The molecule has 5 aliphatic carbocycles. The van der Waals surface area contributed by atoms with E-state index in [1.807, 2.05) is 18.2 Å². The first-order valence-electron chi connectivity index (χ1n) is 23.9. The van der Waals surface area contributed by atoms with Crippen LogP contribution >= 0.6 is 11.3 Å². The summed E-state index contributed by atoms with van der Waals surface area (Å²) in [5.41, 5.74) is 3.30. The summed E-state index contributed by atoms with van der Waals surface area (Å²) in [4.78, 5) is 47.3. The first kappa shape index (κ1) is 44.6. The standard InChI is InChI=1S/C51H70N4O6S/c1-31(2)10-9-11-32(3)38-17-18-39-37-16-14-33-28-35(22-25-50(33,4)40(37)23-26-51(38,39)5)60-46(56)20-21-47(57)61-44-13-8-7-12-41(44)54-49-55-42-19-15-34(30-45(42)62-49)59-36-24-27-53-43(29-36)48(58)52-6/h14-15,19,24,27,29-32,35,37-41,44H,7-13,16-18,20-23,25-26,28H2,1-6H3,(H,52,58)(H,54,55)/t32?,35-,37-,38+,39-,40-,41?,44+,50-,51+/m0/s1. The highest BCUT2D eigenvalue weighted by molar-refractivity contribution is 7.22. The molecule has 4 saturated carbocycles. The summed E-state index contributed by atoms with van der Waals surface area (Å²) in [5, 5.41) is 6.88. The van der Waals surface area contributed by atoms with E-state index in [0.717, 1.165) is 95.8 Å². The number of ether oxygens (including phenoxy) is 3. The van der Waals surface area contributed by atoms with Gasteiger partial charge in [-0.1, -0.05) is 83.3 Å². The molecule has 0 bridgehead atoms. The zero-order chi connectivity index (χ0) is 43.6. The van der Waals surface area contributed by atoms with Gasteiger partial charge in [-0.2, -0.15) is 0 Å². The van der Waals surface area contributed by atoms with E-state index in [-0.39, 0.29) is 60.0 Å². The second-order valence-electron chi connectivity index (χ2n) is 20.4. The number of hydrogen-bond donors (Lipinski definition) is 2. The molecule has 0 spiro atoms. The topological polar surface area (TPSA) is 129 Å². The number of aromatic nitrogens is 2. The zero-order valence-electron chi connectivity index (χ0n) is 38.0. The molecular weight excluding hydrogens is 797 g/mol. The molecule has 2 unspecified atom stereocenters. The zero-order valence-corrected chi connectivity index (χ0v) is 38.8. The molecular formula is C51H70N4O6S. The van der Waals surface area contributed by atoms with Gasteiger partial charge in [0.05, 0.1) is 29.1 Å². The van der Waals surface area contributed by atoms with Crippen LogP contribution in [0.15, 0.2) is 48.2 Å². The van der Waals surface area contributed by atoms with E-state index in [1.165, 1.54) is 68.3 Å². The number of rotatable bonds is 15. The van der Waals surface area contributed by atoms with E-state index < -0.39 is 0 Å². The normalized spacial score (nSPS) is 31.0. The second kappa shape index (κ2) is 19.0. The number of nitrogens with one attached hydrogen (secondary N) is 2. The summed E-state index contributed by atoms with van der Waals surface area (Å²) >= 11 is 1.51. The molecule has 3 aromatic rings. The lowest BCUT2D eigenvalue weighted by molar-refractivity contribution is -0.158. The van der Waals surface area contributed by atoms with Gasteiger partial charge in [0.15, 0.2) is 5.13 Å². The van der Waals surface area contributed by atoms with Crippen LogP contribution in [0.5, 0.6) is 11.5 Å². The van der Waals surface area contributed by atoms with Crippen LogP contribution in [0.1, 0.15) is 154 Å². The van der Waals surface area contributed by atoms with Gasteiger partial charge >= 0.3 is 11.9 Å². The maximum absolute atomic E-state index is 13.2. The van der Waals surface area contributed by atoms with Gasteiger partial charge in [-0.3, -0.25) is 19.4 Å². The average Bonchev–Trinajstić information content (AvgIpc) is 3.83. The number of hydrogen-bond acceptors (Lipinski definition) is 10. The van der Waals surface area contributed by atoms with Gasteiger partial charge in [0.2, 0.25) is 0 Å². The molecule has 2 N–H and O–H groups in total. The molecule has 0 radical (unpaired) electrons. The van der Waals surface area contributed by atoms with Gasteiger partial charge in [-0.15, -0.1) is 0 Å². The summed E-state index contributed by atoms with van der Waals surface area (Å²) in [6.45, 7) is 12.5. The van der Waals surface area contributed by atoms with Crippen molar-refractivity contribution in [3.63, 3.8) is 0 Å². The van der Waals surface area contributed by atoms with Crippen molar-refractivity contribution >= 4 is 44.5 Å². The lowest BCUT2D eigenvalue weighted by atomic mass is 9.47. The largest absolute Gasteiger partial charge is 0.462 e. The van der Waals surface area contributed by atoms with Gasteiger partial charge in [-0.05, 0) is 129 Å². The fourth-order valence-corrected chi connectivity index (χ4v) is 13.8. The Kier molecular flexibility index (Phi) is 13.7. The maximum atomic E-state index is 13.2. The molecule has 5 aliphatic rings. The van der Waals surface area contributed by atoms with Crippen molar-refractivity contribution in [2.45, 2.75) is 162 Å². The van der Waals surface area contributed by atoms with Gasteiger partial charge < -0.3 is 24.8 Å². The Labute approximate surface area is 373 Å². The van der Waals surface area contributed by atoms with Crippen LogP contribution in [0.3, 0.4) is 0 Å². The third-order valence-corrected chi connectivity index (χ3v) is 17.1. The van der Waals surface area contributed by atoms with Crippen LogP contribution in [-0.2, 0) is 19.1 Å². The number of anilines is 1. The predicted octanol–water partition coefficient (Wildman–Crippen LogP) is 11.8. The Balaban J connectivity index is 0.803. The van der Waals surface area contributed by atoms with Crippen LogP contribution in [0.2, 0.25) is 0 Å². The molecule has 4 fully saturated rings. The van der Waals surface area contributed by atoms with Crippen molar-refractivity contribution < 1.29 is 28.6 Å². The van der Waals surface area contributed by atoms with Crippen LogP contribution in [0.25, 0.3) is 10.2 Å². The monoisotopic (exact) mass is 867 g/mol. The molecule has 1 amide bonds. The minimum absolute atomic E-state index is 0.0163. The van der Waals surface area contributed by atoms with Crippen LogP contribution in [-0.4, -0.2) is 53.1 Å². The van der Waals surface area contributed by atoms with E-state index in [9.17, 15) is 14.4 Å². The molecule has 11 heteroatoms. The molecule has 0 saturated heterocycles. The fourth-order valence-electron chi connectivity index (χ4n) is 12.9. The number of esters is 2. The number of fused-ring (bicyclic) bond motifs is 6. The molecule has 336 valence electrons. The van der Waals surface area contributed by atoms with E-state index in [0.29, 0.717) is 16.9 Å². The number of carbonyl (C=O) groups excluding carboxylic acids is 3. The number of pyridine rings is 1. The van der Waals surface area contributed by atoms with Crippen molar-refractivity contribution in [3.8, 4) is 11.5 Å². The smallest absolute Gasteiger partial charge is 0.306 e. The van der Waals surface area contributed by atoms with E-state index in [1.54, 1.807) is 25.4 Å². The summed E-state index contributed by atoms with van der Waals surface area (Å²) in [6.07, 6.45) is 20.9. The molecule has 0 aliphatic heterocycles. The van der Waals surface area contributed by atoms with Crippen LogP contribution < -0.4 is 15.4 Å². The third kappa shape index (κ3) is 9.58. The maximum Gasteiger partial charge on any atom is 0.306 e. The summed E-state index contributed by atoms with van der Waals surface area (Å²) in [5.74, 6) is 5.01. The number of nitrogens with zero attached hydrogens (tertiary/aromatic N) is 2. The van der Waals surface area contributed by atoms with E-state index >= 15 is 0 Å². The van der Waals surface area contributed by atoms with Crippen LogP contribution in [0, 0.1) is 46.3 Å². The molecule has 62 heavy (non-hydrogen) atoms. The quantitative estimate of drug-likeness (QED) is 0.113. The highest BCUT2D eigenvalue weighted by Crippen LogP contribution is 2.67. The summed E-state index contributed by atoms with van der Waals surface area (Å²) in [7, 11) is 1.56. The van der Waals surface area contributed by atoms with Gasteiger partial charge in [0, 0.05) is 31.8 Å². The Morgan fingerprint density at radius 3 is 2.48 bits per heavy atom. The molecule has 2 aromatic heterocycles. The highest BCUT2D eigenvalue weighted by atomic mass is 32.1. The number of carbonyl (C=O) groups is 3. The Hall–Kier alpha value is -3.99. The number of benzene rings is 1. The van der Waals surface area contributed by atoms with Crippen molar-refractivity contribution in [1.29, 1.82) is 0 Å². The minimum Gasteiger partial charge on any atom is -0.462 e. The van der Waals surface area contributed by atoms with Crippen molar-refractivity contribution in [2.75, 3.05) is 12.4 Å². The van der Waals surface area contributed by atoms with E-state index in [2.05, 4.69) is 56.3 Å². The Morgan fingerprint density at radius 2 is 1.68 bits per heavy atom. The van der Waals surface area contributed by atoms with Gasteiger partial charge in [0.1, 0.15) is 29.4 Å². The second-order valence-corrected chi connectivity index (χ2v) is 21.4. The minimum atomic E-state index is -0.358. The van der Waals surface area contributed by atoms with E-state index in [4.69, 9.17) is 19.2 Å². The first-order chi connectivity index (χ1) is 29.8. The average molecular weight is 867 g/mol. The molecule has 8 rings (SSSR count). The fraction of sp³-hybridized carbons (Fsp3) is 0.667. The molecule has 1 aromatic carbocycles. The molecule has 10 nitrogen and oxygen atoms in total. The molecule has 10 atom stereocenters. The predicted molar refractivity (Wildman–Crippen MR) is 245 cm³/mol. The third-order valence-electron chi connectivity index (χ3n) is 16.2. The summed E-state index contributed by atoms with van der Waals surface area (Å²) in [6, 6.07) is 8.92. The van der Waals surface area contributed by atoms with Crippen molar-refractivity contribution in [2.24, 2.45) is 46.3 Å². The van der Waals surface area contributed by atoms with Crippen LogP contribution in [0.4, 0.5) is 5.13 Å². The summed E-state index contributed by atoms with van der Waals surface area (Å²) < 4.78 is 19.1. The van der Waals surface area contributed by atoms with Gasteiger partial charge in [-0.25, -0.2) is 4.98 Å². The lowest BCUT2D eigenvalue weighted by Crippen LogP contribution is -2.51. The van der Waals surface area contributed by atoms with Crippen molar-refractivity contribution in [1.82, 2.24) is 15.3 Å². The number of amides is 1. The Morgan fingerprint density at radius 1 is 0.887 bits per heavy atom. The first-order valence-corrected chi connectivity index (χ1v) is 24.8. The SMILES string of the molecule is CNC(=O)c1cc(Oc2ccc3nc(NC4CCCC[C@H]4OC(=O)CCC(=O)O[C@H]4CC[C@@]5(C)C(=CC[C@H]6[C@@H]7CC[C@H](C(C)CCCC(C)C)[C@@]7(C)CC[C@@H]65)C4)sc3c2)ccn1. The van der Waals surface area contributed by atoms with Crippen molar-refractivity contribution in [3.05, 3.63) is 53.9 Å².